The number of nitrogen functional groups attached to an aromatic ring is 2. The first-order valence-electron chi connectivity index (χ1n) is 12.8. The van der Waals surface area contributed by atoms with Crippen LogP contribution in [0.25, 0.3) is 0 Å². The van der Waals surface area contributed by atoms with Crippen molar-refractivity contribution in [3.05, 3.63) is 82.2 Å². The van der Waals surface area contributed by atoms with Crippen molar-refractivity contribution in [3.8, 4) is 11.5 Å². The van der Waals surface area contributed by atoms with Crippen molar-refractivity contribution in [2.24, 2.45) is 0 Å². The summed E-state index contributed by atoms with van der Waals surface area (Å²) in [5, 5.41) is 0.372. The molecule has 0 fully saturated rings. The molecule has 238 valence electrons. The summed E-state index contributed by atoms with van der Waals surface area (Å²) in [6, 6.07) is 4.03. The molecule has 11 nitrogen and oxygen atoms in total. The van der Waals surface area contributed by atoms with E-state index in [1.54, 1.807) is 6.92 Å². The number of halogens is 4. The van der Waals surface area contributed by atoms with Crippen LogP contribution in [0.4, 0.5) is 29.2 Å². The van der Waals surface area contributed by atoms with E-state index in [0.29, 0.717) is 5.16 Å². The van der Waals surface area contributed by atoms with Gasteiger partial charge >= 0.3 is 0 Å². The van der Waals surface area contributed by atoms with Crippen LogP contribution in [0.3, 0.4) is 0 Å². The molecule has 0 saturated heterocycles. The quantitative estimate of drug-likeness (QED) is 0.106. The van der Waals surface area contributed by atoms with E-state index in [-0.39, 0.29) is 45.2 Å². The third kappa shape index (κ3) is 7.72. The highest BCUT2D eigenvalue weighted by Gasteiger charge is 2.26. The Morgan fingerprint density at radius 3 is 1.67 bits per heavy atom. The first-order chi connectivity index (χ1) is 21.4. The van der Waals surface area contributed by atoms with Crippen LogP contribution >= 0.6 is 11.8 Å². The summed E-state index contributed by atoms with van der Waals surface area (Å²) in [5.74, 6) is -6.34. The number of anilines is 2. The van der Waals surface area contributed by atoms with E-state index in [9.17, 15) is 31.4 Å². The molecule has 0 aliphatic carbocycles. The van der Waals surface area contributed by atoms with Gasteiger partial charge in [-0.2, -0.15) is 0 Å². The van der Waals surface area contributed by atoms with Gasteiger partial charge in [0.2, 0.25) is 16.7 Å². The molecular weight excluding hydrogens is 640 g/mol. The molecule has 1 unspecified atom stereocenters. The summed E-state index contributed by atoms with van der Waals surface area (Å²) in [6.45, 7) is 3.58. The molecule has 4 aromatic rings. The van der Waals surface area contributed by atoms with E-state index in [1.165, 1.54) is 38.2 Å². The molecule has 0 radical (unpaired) electrons. The standard InChI is InChI=1S/C14H13F2N3O3S.C14H13F2N3O2S/c1-3-23(21)14-18-6-7(13(17)19-14)12(20)10-9(22-2)5-4-8(15)11(10)16;1-3-22-14-18-6-7(13(17)19-14)12(20)10-9(21-2)5-4-8(15)11(10)16/h4-6H,3H2,1-2H3,(H2,17,18,19);4-6H,3H2,1-2H3,(H2,17,18,19). The minimum atomic E-state index is -1.45. The summed E-state index contributed by atoms with van der Waals surface area (Å²) in [4.78, 5) is 40.4. The Hall–Kier alpha value is -4.64. The lowest BCUT2D eigenvalue weighted by Gasteiger charge is -2.10. The van der Waals surface area contributed by atoms with E-state index in [2.05, 4.69) is 19.9 Å². The second-order valence-corrected chi connectivity index (χ2v) is 11.4. The molecule has 45 heavy (non-hydrogen) atoms. The smallest absolute Gasteiger partial charge is 0.220 e. The van der Waals surface area contributed by atoms with E-state index < -0.39 is 56.8 Å². The molecular formula is C28H26F4N6O5S2. The van der Waals surface area contributed by atoms with Gasteiger partial charge in [0.05, 0.1) is 36.1 Å². The lowest BCUT2D eigenvalue weighted by molar-refractivity contribution is 0.102. The maximum atomic E-state index is 14.0. The summed E-state index contributed by atoms with van der Waals surface area (Å²) >= 11 is 1.35. The van der Waals surface area contributed by atoms with Crippen LogP contribution < -0.4 is 20.9 Å². The Balaban J connectivity index is 0.000000246. The molecule has 4 N–H and O–H groups in total. The Morgan fingerprint density at radius 1 is 0.800 bits per heavy atom. The molecule has 4 rings (SSSR count). The number of rotatable bonds is 10. The SMILES string of the molecule is CCS(=O)c1ncc(C(=O)c2c(OC)ccc(F)c2F)c(N)n1.CCSc1ncc(C(=O)c2c(OC)ccc(F)c2F)c(N)n1. The molecule has 0 saturated carbocycles. The lowest BCUT2D eigenvalue weighted by atomic mass is 10.0. The fraction of sp³-hybridized carbons (Fsp3) is 0.214. The van der Waals surface area contributed by atoms with Gasteiger partial charge in [-0.25, -0.2) is 37.5 Å². The molecule has 0 spiro atoms. The lowest BCUT2D eigenvalue weighted by Crippen LogP contribution is -2.14. The minimum absolute atomic E-state index is 0.0340. The van der Waals surface area contributed by atoms with Crippen molar-refractivity contribution in [1.82, 2.24) is 19.9 Å². The Bertz CT molecular complexity index is 1780. The zero-order valence-corrected chi connectivity index (χ0v) is 25.8. The number of nitrogens with zero attached hydrogens (tertiary/aromatic N) is 4. The van der Waals surface area contributed by atoms with Gasteiger partial charge in [0.15, 0.2) is 28.4 Å². The number of aromatic nitrogens is 4. The molecule has 0 bridgehead atoms. The Kier molecular flexibility index (Phi) is 11.9. The predicted octanol–water partition coefficient (Wildman–Crippen LogP) is 4.39. The third-order valence-electron chi connectivity index (χ3n) is 5.83. The van der Waals surface area contributed by atoms with Crippen LogP contribution in [0.15, 0.2) is 47.0 Å². The number of thioether (sulfide) groups is 1. The van der Waals surface area contributed by atoms with E-state index >= 15 is 0 Å². The normalized spacial score (nSPS) is 11.3. The van der Waals surface area contributed by atoms with Gasteiger partial charge in [0, 0.05) is 18.1 Å². The summed E-state index contributed by atoms with van der Waals surface area (Å²) in [6.07, 6.45) is 2.24. The molecule has 0 aliphatic rings. The minimum Gasteiger partial charge on any atom is -0.496 e. The van der Waals surface area contributed by atoms with Crippen LogP contribution in [0.1, 0.15) is 45.7 Å². The maximum absolute atomic E-state index is 14.0. The third-order valence-corrected chi connectivity index (χ3v) is 7.70. The number of carbonyl (C=O) groups excluding carboxylic acids is 2. The van der Waals surface area contributed by atoms with Crippen LogP contribution in [0, 0.1) is 23.3 Å². The number of carbonyl (C=O) groups is 2. The molecule has 17 heteroatoms. The van der Waals surface area contributed by atoms with Crippen molar-refractivity contribution in [2.75, 3.05) is 37.2 Å². The van der Waals surface area contributed by atoms with Gasteiger partial charge in [-0.1, -0.05) is 25.6 Å². The van der Waals surface area contributed by atoms with Gasteiger partial charge in [0.1, 0.15) is 34.3 Å². The van der Waals surface area contributed by atoms with Crippen molar-refractivity contribution >= 4 is 45.8 Å². The van der Waals surface area contributed by atoms with Gasteiger partial charge in [-0.05, 0) is 30.0 Å². The number of ketones is 2. The zero-order valence-electron chi connectivity index (χ0n) is 24.2. The molecule has 1 atom stereocenters. The highest BCUT2D eigenvalue weighted by atomic mass is 32.2. The average Bonchev–Trinajstić information content (AvgIpc) is 3.03. The maximum Gasteiger partial charge on any atom is 0.220 e. The summed E-state index contributed by atoms with van der Waals surface area (Å²) in [5.41, 5.74) is 9.92. The Morgan fingerprint density at radius 2 is 1.27 bits per heavy atom. The van der Waals surface area contributed by atoms with Gasteiger partial charge in [0.25, 0.3) is 0 Å². The van der Waals surface area contributed by atoms with Crippen LogP contribution in [0.2, 0.25) is 0 Å². The number of hydrogen-bond acceptors (Lipinski definition) is 12. The highest BCUT2D eigenvalue weighted by molar-refractivity contribution is 7.99. The number of methoxy groups -OCH3 is 2. The van der Waals surface area contributed by atoms with Crippen molar-refractivity contribution in [2.45, 2.75) is 24.2 Å². The number of nitrogens with two attached hydrogens (primary N) is 2. The second-order valence-electron chi connectivity index (χ2n) is 8.51. The fourth-order valence-electron chi connectivity index (χ4n) is 3.64. The van der Waals surface area contributed by atoms with Crippen molar-refractivity contribution in [3.63, 3.8) is 0 Å². The summed E-state index contributed by atoms with van der Waals surface area (Å²) in [7, 11) is 1.02. The van der Waals surface area contributed by atoms with Crippen molar-refractivity contribution in [1.29, 1.82) is 0 Å². The molecule has 2 aromatic heterocycles. The topological polar surface area (TPSA) is 173 Å². The predicted molar refractivity (Wildman–Crippen MR) is 159 cm³/mol. The van der Waals surface area contributed by atoms with Gasteiger partial charge in [-0.3, -0.25) is 13.8 Å². The van der Waals surface area contributed by atoms with Crippen LogP contribution in [0.5, 0.6) is 11.5 Å². The van der Waals surface area contributed by atoms with E-state index in [1.807, 2.05) is 6.92 Å². The number of hydrogen-bond donors (Lipinski definition) is 2. The Labute approximate surface area is 261 Å². The summed E-state index contributed by atoms with van der Waals surface area (Å²) < 4.78 is 76.1. The highest BCUT2D eigenvalue weighted by Crippen LogP contribution is 2.29. The molecule has 2 aromatic carbocycles. The molecule has 0 amide bonds. The fourth-order valence-corrected chi connectivity index (χ4v) is 4.82. The first-order valence-corrected chi connectivity index (χ1v) is 15.1. The van der Waals surface area contributed by atoms with Crippen LogP contribution in [-0.2, 0) is 10.8 Å². The largest absolute Gasteiger partial charge is 0.496 e. The van der Waals surface area contributed by atoms with E-state index in [4.69, 9.17) is 20.9 Å². The second kappa shape index (κ2) is 15.4. The van der Waals surface area contributed by atoms with E-state index in [0.717, 1.165) is 30.1 Å². The van der Waals surface area contributed by atoms with Crippen LogP contribution in [-0.4, -0.2) is 61.4 Å². The number of ether oxygens (including phenoxy) is 2. The average molecular weight is 667 g/mol. The van der Waals surface area contributed by atoms with Gasteiger partial charge < -0.3 is 20.9 Å². The zero-order chi connectivity index (χ0) is 33.4. The van der Waals surface area contributed by atoms with Gasteiger partial charge in [-0.15, -0.1) is 0 Å². The first kappa shape index (κ1) is 34.8. The monoisotopic (exact) mass is 666 g/mol. The molecule has 0 aliphatic heterocycles. The van der Waals surface area contributed by atoms with Crippen molar-refractivity contribution < 1.29 is 40.8 Å². The molecule has 2 heterocycles. The number of benzene rings is 2.